The summed E-state index contributed by atoms with van der Waals surface area (Å²) in [6, 6.07) is 16.5. The third-order valence-corrected chi connectivity index (χ3v) is 3.33. The average molecular weight is 279 g/mol. The highest BCUT2D eigenvalue weighted by atomic mass is 16.1. The van der Waals surface area contributed by atoms with Crippen molar-refractivity contribution in [2.45, 2.75) is 26.8 Å². The molecule has 0 radical (unpaired) electrons. The molecule has 2 aromatic carbocycles. The summed E-state index contributed by atoms with van der Waals surface area (Å²) in [6.45, 7) is 4.68. The van der Waals surface area contributed by atoms with Crippen molar-refractivity contribution in [2.24, 2.45) is 0 Å². The molecule has 108 valence electrons. The molecule has 2 rings (SSSR count). The first-order valence-corrected chi connectivity index (χ1v) is 7.19. The maximum Gasteiger partial charge on any atom is 0.243 e. The zero-order chi connectivity index (χ0) is 15.1. The van der Waals surface area contributed by atoms with E-state index in [2.05, 4.69) is 55.6 Å². The summed E-state index contributed by atoms with van der Waals surface area (Å²) >= 11 is 0. The third kappa shape index (κ3) is 5.27. The Morgan fingerprint density at radius 3 is 2.00 bits per heavy atom. The average Bonchev–Trinajstić information content (AvgIpc) is 2.49. The van der Waals surface area contributed by atoms with Crippen LogP contribution in [0, 0.1) is 13.8 Å². The molecule has 2 aromatic rings. The minimum absolute atomic E-state index is 0.0531. The summed E-state index contributed by atoms with van der Waals surface area (Å²) in [5, 5.41) is 2.89. The van der Waals surface area contributed by atoms with Gasteiger partial charge in [-0.25, -0.2) is 0 Å². The van der Waals surface area contributed by atoms with Crippen LogP contribution >= 0.6 is 0 Å². The van der Waals surface area contributed by atoms with Crippen molar-refractivity contribution in [1.82, 2.24) is 5.32 Å². The molecule has 2 heteroatoms. The van der Waals surface area contributed by atoms with Crippen LogP contribution in [0.25, 0.3) is 0 Å². The van der Waals surface area contributed by atoms with Crippen LogP contribution in [0.2, 0.25) is 0 Å². The minimum Gasteiger partial charge on any atom is -0.348 e. The fourth-order valence-corrected chi connectivity index (χ4v) is 1.98. The molecule has 0 saturated heterocycles. The van der Waals surface area contributed by atoms with Gasteiger partial charge in [0.2, 0.25) is 5.91 Å². The van der Waals surface area contributed by atoms with Gasteiger partial charge < -0.3 is 5.32 Å². The van der Waals surface area contributed by atoms with E-state index in [0.717, 1.165) is 12.0 Å². The van der Waals surface area contributed by atoms with Crippen molar-refractivity contribution < 1.29 is 4.79 Å². The number of allylic oxidation sites excluding steroid dienone is 1. The normalized spacial score (nSPS) is 10.8. The zero-order valence-corrected chi connectivity index (χ0v) is 12.6. The Hall–Kier alpha value is -2.35. The van der Waals surface area contributed by atoms with Crippen LogP contribution in [0.1, 0.15) is 22.3 Å². The maximum atomic E-state index is 11.7. The SMILES string of the molecule is Cc1ccc(C/C=C/C(=O)NCc2ccc(C)cc2)cc1. The Morgan fingerprint density at radius 2 is 1.43 bits per heavy atom. The summed E-state index contributed by atoms with van der Waals surface area (Å²) in [7, 11) is 0. The summed E-state index contributed by atoms with van der Waals surface area (Å²) < 4.78 is 0. The van der Waals surface area contributed by atoms with E-state index in [1.54, 1.807) is 6.08 Å². The number of benzene rings is 2. The molecule has 0 bridgehead atoms. The van der Waals surface area contributed by atoms with E-state index in [0.29, 0.717) is 6.54 Å². The van der Waals surface area contributed by atoms with E-state index in [1.807, 2.05) is 18.2 Å². The molecule has 0 aliphatic rings. The standard InChI is InChI=1S/C19H21NO/c1-15-6-10-17(11-7-15)4-3-5-19(21)20-14-18-12-8-16(2)9-13-18/h3,5-13H,4,14H2,1-2H3,(H,20,21)/b5-3+. The van der Waals surface area contributed by atoms with Crippen LogP contribution < -0.4 is 5.32 Å². The minimum atomic E-state index is -0.0531. The highest BCUT2D eigenvalue weighted by molar-refractivity contribution is 5.87. The molecule has 0 saturated carbocycles. The monoisotopic (exact) mass is 279 g/mol. The zero-order valence-electron chi connectivity index (χ0n) is 12.6. The largest absolute Gasteiger partial charge is 0.348 e. The van der Waals surface area contributed by atoms with Gasteiger partial charge in [0.25, 0.3) is 0 Å². The van der Waals surface area contributed by atoms with Gasteiger partial charge >= 0.3 is 0 Å². The van der Waals surface area contributed by atoms with Crippen LogP contribution in [0.5, 0.6) is 0 Å². The Kier molecular flexibility index (Phi) is 5.33. The van der Waals surface area contributed by atoms with Gasteiger partial charge in [-0.1, -0.05) is 65.7 Å². The topological polar surface area (TPSA) is 29.1 Å². The molecule has 21 heavy (non-hydrogen) atoms. The molecule has 0 spiro atoms. The van der Waals surface area contributed by atoms with E-state index in [9.17, 15) is 4.79 Å². The molecule has 0 fully saturated rings. The Labute approximate surface area is 126 Å². The van der Waals surface area contributed by atoms with Crippen LogP contribution in [0.4, 0.5) is 0 Å². The fourth-order valence-electron chi connectivity index (χ4n) is 1.98. The number of carbonyl (C=O) groups is 1. The summed E-state index contributed by atoms with van der Waals surface area (Å²) in [4.78, 5) is 11.7. The molecule has 2 nitrogen and oxygen atoms in total. The predicted molar refractivity (Wildman–Crippen MR) is 87.0 cm³/mol. The maximum absolute atomic E-state index is 11.7. The molecule has 0 aromatic heterocycles. The number of hydrogen-bond donors (Lipinski definition) is 1. The van der Waals surface area contributed by atoms with Crippen molar-refractivity contribution in [3.63, 3.8) is 0 Å². The lowest BCUT2D eigenvalue weighted by Crippen LogP contribution is -2.20. The van der Waals surface area contributed by atoms with Crippen molar-refractivity contribution in [3.05, 3.63) is 82.9 Å². The van der Waals surface area contributed by atoms with E-state index in [1.165, 1.54) is 16.7 Å². The summed E-state index contributed by atoms with van der Waals surface area (Å²) in [6.07, 6.45) is 4.28. The van der Waals surface area contributed by atoms with Gasteiger partial charge in [0.1, 0.15) is 0 Å². The number of nitrogens with one attached hydrogen (secondary N) is 1. The highest BCUT2D eigenvalue weighted by Gasteiger charge is 1.97. The quantitative estimate of drug-likeness (QED) is 0.830. The van der Waals surface area contributed by atoms with Crippen LogP contribution in [0.15, 0.2) is 60.7 Å². The van der Waals surface area contributed by atoms with Gasteiger partial charge in [-0.05, 0) is 37.5 Å². The first-order valence-electron chi connectivity index (χ1n) is 7.19. The second kappa shape index (κ2) is 7.44. The Morgan fingerprint density at radius 1 is 0.905 bits per heavy atom. The lowest BCUT2D eigenvalue weighted by Gasteiger charge is -2.03. The van der Waals surface area contributed by atoms with Gasteiger partial charge in [-0.3, -0.25) is 4.79 Å². The summed E-state index contributed by atoms with van der Waals surface area (Å²) in [5.41, 5.74) is 4.80. The number of carbonyl (C=O) groups excluding carboxylic acids is 1. The summed E-state index contributed by atoms with van der Waals surface area (Å²) in [5.74, 6) is -0.0531. The molecule has 1 N–H and O–H groups in total. The molecule has 0 aliphatic carbocycles. The number of amides is 1. The highest BCUT2D eigenvalue weighted by Crippen LogP contribution is 2.04. The first kappa shape index (κ1) is 15.0. The first-order chi connectivity index (χ1) is 10.1. The second-order valence-electron chi connectivity index (χ2n) is 5.30. The molecular weight excluding hydrogens is 258 g/mol. The van der Waals surface area contributed by atoms with Gasteiger partial charge in [-0.15, -0.1) is 0 Å². The number of hydrogen-bond acceptors (Lipinski definition) is 1. The van der Waals surface area contributed by atoms with Gasteiger partial charge in [0.15, 0.2) is 0 Å². The molecule has 1 amide bonds. The smallest absolute Gasteiger partial charge is 0.243 e. The van der Waals surface area contributed by atoms with Gasteiger partial charge in [-0.2, -0.15) is 0 Å². The van der Waals surface area contributed by atoms with Crippen LogP contribution in [-0.4, -0.2) is 5.91 Å². The van der Waals surface area contributed by atoms with Crippen molar-refractivity contribution >= 4 is 5.91 Å². The van der Waals surface area contributed by atoms with Gasteiger partial charge in [0.05, 0.1) is 0 Å². The Balaban J connectivity index is 1.77. The van der Waals surface area contributed by atoms with E-state index < -0.39 is 0 Å². The van der Waals surface area contributed by atoms with Crippen LogP contribution in [-0.2, 0) is 17.8 Å². The third-order valence-electron chi connectivity index (χ3n) is 3.33. The van der Waals surface area contributed by atoms with E-state index in [-0.39, 0.29) is 5.91 Å². The lowest BCUT2D eigenvalue weighted by molar-refractivity contribution is -0.116. The second-order valence-corrected chi connectivity index (χ2v) is 5.30. The van der Waals surface area contributed by atoms with E-state index >= 15 is 0 Å². The van der Waals surface area contributed by atoms with Gasteiger partial charge in [0, 0.05) is 6.54 Å². The lowest BCUT2D eigenvalue weighted by atomic mass is 10.1. The van der Waals surface area contributed by atoms with E-state index in [4.69, 9.17) is 0 Å². The number of aryl methyl sites for hydroxylation is 2. The fraction of sp³-hybridized carbons (Fsp3) is 0.211. The van der Waals surface area contributed by atoms with Crippen molar-refractivity contribution in [2.75, 3.05) is 0 Å². The number of rotatable bonds is 5. The molecule has 0 heterocycles. The van der Waals surface area contributed by atoms with Crippen molar-refractivity contribution in [3.8, 4) is 0 Å². The Bertz CT molecular complexity index is 609. The molecule has 0 atom stereocenters. The predicted octanol–water partition coefficient (Wildman–Crippen LogP) is 3.72. The molecule has 0 unspecified atom stereocenters. The van der Waals surface area contributed by atoms with Crippen LogP contribution in [0.3, 0.4) is 0 Å². The van der Waals surface area contributed by atoms with Crippen molar-refractivity contribution in [1.29, 1.82) is 0 Å². The molecule has 0 aliphatic heterocycles. The molecular formula is C19H21NO.